The lowest BCUT2D eigenvalue weighted by atomic mass is 10.1. The van der Waals surface area contributed by atoms with Crippen LogP contribution in [-0.4, -0.2) is 44.3 Å². The molecule has 0 fully saturated rings. The second-order valence-electron chi connectivity index (χ2n) is 9.28. The van der Waals surface area contributed by atoms with Crippen molar-refractivity contribution >= 4 is 50.7 Å². The second-order valence-corrected chi connectivity index (χ2v) is 12.0. The number of carbonyl (C=O) groups excluding carboxylic acids is 2. The Kier molecular flexibility index (Phi) is 11.4. The normalized spacial score (nSPS) is 12.0. The van der Waals surface area contributed by atoms with Crippen LogP contribution in [0.25, 0.3) is 0 Å². The first-order chi connectivity index (χ1) is 19.1. The number of hydrogen-bond acceptors (Lipinski definition) is 4. The van der Waals surface area contributed by atoms with Crippen LogP contribution in [0.2, 0.25) is 10.0 Å². The highest BCUT2D eigenvalue weighted by molar-refractivity contribution is 7.92. The van der Waals surface area contributed by atoms with Gasteiger partial charge >= 0.3 is 0 Å². The van der Waals surface area contributed by atoms with Crippen LogP contribution in [0.15, 0.2) is 77.7 Å². The smallest absolute Gasteiger partial charge is 0.264 e. The molecule has 0 heterocycles. The summed E-state index contributed by atoms with van der Waals surface area (Å²) >= 11 is 12.9. The van der Waals surface area contributed by atoms with E-state index in [1.807, 2.05) is 26.0 Å². The monoisotopic (exact) mass is 603 g/mol. The minimum Gasteiger partial charge on any atom is -0.354 e. The Morgan fingerprint density at radius 1 is 0.875 bits per heavy atom. The van der Waals surface area contributed by atoms with E-state index in [0.29, 0.717) is 34.3 Å². The molecule has 3 rings (SSSR count). The highest BCUT2D eigenvalue weighted by Crippen LogP contribution is 2.29. The van der Waals surface area contributed by atoms with Crippen LogP contribution in [0.1, 0.15) is 44.7 Å². The van der Waals surface area contributed by atoms with Crippen LogP contribution in [0.4, 0.5) is 5.69 Å². The number of benzene rings is 3. The van der Waals surface area contributed by atoms with Crippen molar-refractivity contribution < 1.29 is 18.0 Å². The van der Waals surface area contributed by atoms with E-state index in [-0.39, 0.29) is 17.3 Å². The molecular formula is C30H35Cl2N3O4S. The van der Waals surface area contributed by atoms with Crippen molar-refractivity contribution in [2.45, 2.75) is 57.5 Å². The van der Waals surface area contributed by atoms with Gasteiger partial charge in [0.15, 0.2) is 0 Å². The van der Waals surface area contributed by atoms with E-state index in [1.165, 1.54) is 17.0 Å². The molecule has 2 amide bonds. The van der Waals surface area contributed by atoms with Gasteiger partial charge in [0, 0.05) is 28.7 Å². The Bertz CT molecular complexity index is 1380. The Balaban J connectivity index is 2.08. The third-order valence-electron chi connectivity index (χ3n) is 6.57. The lowest BCUT2D eigenvalue weighted by molar-refractivity contribution is -0.140. The predicted octanol–water partition coefficient (Wildman–Crippen LogP) is 6.08. The van der Waals surface area contributed by atoms with Crippen molar-refractivity contribution in [2.24, 2.45) is 0 Å². The van der Waals surface area contributed by atoms with Gasteiger partial charge in [-0.25, -0.2) is 8.42 Å². The van der Waals surface area contributed by atoms with Crippen molar-refractivity contribution in [2.75, 3.05) is 17.4 Å². The summed E-state index contributed by atoms with van der Waals surface area (Å²) in [6, 6.07) is 19.1. The number of nitrogens with zero attached hydrogens (tertiary/aromatic N) is 2. The Morgan fingerprint density at radius 3 is 2.05 bits per heavy atom. The van der Waals surface area contributed by atoms with Crippen molar-refractivity contribution in [3.63, 3.8) is 0 Å². The number of carbonyl (C=O) groups is 2. The van der Waals surface area contributed by atoms with Gasteiger partial charge in [-0.15, -0.1) is 0 Å². The third-order valence-corrected chi connectivity index (χ3v) is 9.06. The molecule has 0 aliphatic rings. The molecule has 0 aliphatic carbocycles. The number of hydrogen-bond donors (Lipinski definition) is 1. The molecule has 3 aromatic rings. The van der Waals surface area contributed by atoms with Gasteiger partial charge in [-0.1, -0.05) is 80.4 Å². The maximum absolute atomic E-state index is 14.1. The van der Waals surface area contributed by atoms with Gasteiger partial charge in [-0.2, -0.15) is 0 Å². The molecule has 7 nitrogen and oxygen atoms in total. The van der Waals surface area contributed by atoms with E-state index in [0.717, 1.165) is 22.7 Å². The fourth-order valence-corrected chi connectivity index (χ4v) is 6.24. The summed E-state index contributed by atoms with van der Waals surface area (Å²) < 4.78 is 28.8. The number of rotatable bonds is 13. The van der Waals surface area contributed by atoms with Crippen molar-refractivity contribution in [3.8, 4) is 0 Å². The molecule has 1 unspecified atom stereocenters. The minimum atomic E-state index is -4.13. The average molecular weight is 605 g/mol. The van der Waals surface area contributed by atoms with Gasteiger partial charge in [-0.3, -0.25) is 13.9 Å². The fraction of sp³-hybridized carbons (Fsp3) is 0.333. The number of aryl methyl sites for hydroxylation is 1. The van der Waals surface area contributed by atoms with E-state index in [2.05, 4.69) is 5.32 Å². The van der Waals surface area contributed by atoms with Crippen LogP contribution in [0.3, 0.4) is 0 Å². The zero-order chi connectivity index (χ0) is 29.3. The average Bonchev–Trinajstić information content (AvgIpc) is 2.96. The van der Waals surface area contributed by atoms with Crippen LogP contribution >= 0.6 is 23.2 Å². The molecule has 0 saturated carbocycles. The van der Waals surface area contributed by atoms with E-state index in [1.54, 1.807) is 55.5 Å². The molecule has 0 bridgehead atoms. The van der Waals surface area contributed by atoms with Crippen molar-refractivity contribution in [1.29, 1.82) is 0 Å². The zero-order valence-corrected chi connectivity index (χ0v) is 25.3. The van der Waals surface area contributed by atoms with Crippen LogP contribution in [0, 0.1) is 0 Å². The van der Waals surface area contributed by atoms with Gasteiger partial charge in [0.25, 0.3) is 10.0 Å². The molecule has 0 radical (unpaired) electrons. The van der Waals surface area contributed by atoms with Gasteiger partial charge in [0.1, 0.15) is 12.6 Å². The first-order valence-corrected chi connectivity index (χ1v) is 15.5. The largest absolute Gasteiger partial charge is 0.354 e. The molecule has 0 aromatic heterocycles. The van der Waals surface area contributed by atoms with Crippen LogP contribution in [0.5, 0.6) is 0 Å². The quantitative estimate of drug-likeness (QED) is 0.256. The summed E-state index contributed by atoms with van der Waals surface area (Å²) in [5.74, 6) is -0.890. The summed E-state index contributed by atoms with van der Waals surface area (Å²) in [6.45, 7) is 5.59. The molecular weight excluding hydrogens is 569 g/mol. The topological polar surface area (TPSA) is 86.8 Å². The molecule has 3 aromatic carbocycles. The summed E-state index contributed by atoms with van der Waals surface area (Å²) in [5.41, 5.74) is 1.85. The molecule has 0 aliphatic heterocycles. The Hall–Kier alpha value is -3.07. The second kappa shape index (κ2) is 14.5. The number of anilines is 1. The lowest BCUT2D eigenvalue weighted by Crippen LogP contribution is -2.52. The van der Waals surface area contributed by atoms with Crippen LogP contribution in [-0.2, 0) is 32.6 Å². The van der Waals surface area contributed by atoms with Gasteiger partial charge in [0.05, 0.1) is 10.6 Å². The number of sulfonamides is 1. The first-order valence-electron chi connectivity index (χ1n) is 13.3. The first kappa shape index (κ1) is 31.5. The minimum absolute atomic E-state index is 0.0517. The van der Waals surface area contributed by atoms with Crippen LogP contribution < -0.4 is 9.62 Å². The standard InChI is InChI=1S/C30H35Cl2N3O4S/c1-4-19-33-30(37)28(6-3)34(20-25-26(31)13-10-14-27(25)32)29(36)21-35(23-17-15-22(5-2)16-18-23)40(38,39)24-11-8-7-9-12-24/h7-18,28H,4-6,19-21H2,1-3H3,(H,33,37). The predicted molar refractivity (Wildman–Crippen MR) is 161 cm³/mol. The highest BCUT2D eigenvalue weighted by Gasteiger charge is 2.34. The SMILES string of the molecule is CCCNC(=O)C(CC)N(Cc1c(Cl)cccc1Cl)C(=O)CN(c1ccc(CC)cc1)S(=O)(=O)c1ccccc1. The molecule has 0 saturated heterocycles. The summed E-state index contributed by atoms with van der Waals surface area (Å²) in [6.07, 6.45) is 1.81. The van der Waals surface area contributed by atoms with Crippen molar-refractivity contribution in [3.05, 3.63) is 94.0 Å². The summed E-state index contributed by atoms with van der Waals surface area (Å²) in [7, 11) is -4.13. The van der Waals surface area contributed by atoms with Crippen molar-refractivity contribution in [1.82, 2.24) is 10.2 Å². The van der Waals surface area contributed by atoms with Gasteiger partial charge in [-0.05, 0) is 61.2 Å². The molecule has 1 N–H and O–H groups in total. The molecule has 1 atom stereocenters. The van der Waals surface area contributed by atoms with E-state index < -0.39 is 28.5 Å². The van der Waals surface area contributed by atoms with E-state index in [4.69, 9.17) is 23.2 Å². The highest BCUT2D eigenvalue weighted by atomic mass is 35.5. The molecule has 0 spiro atoms. The third kappa shape index (κ3) is 7.56. The number of nitrogens with one attached hydrogen (secondary N) is 1. The lowest BCUT2D eigenvalue weighted by Gasteiger charge is -2.33. The zero-order valence-electron chi connectivity index (χ0n) is 22.9. The maximum Gasteiger partial charge on any atom is 0.264 e. The molecule has 40 heavy (non-hydrogen) atoms. The maximum atomic E-state index is 14.1. The van der Waals surface area contributed by atoms with Gasteiger partial charge < -0.3 is 10.2 Å². The van der Waals surface area contributed by atoms with Gasteiger partial charge in [0.2, 0.25) is 11.8 Å². The fourth-order valence-electron chi connectivity index (χ4n) is 4.29. The van der Waals surface area contributed by atoms with E-state index in [9.17, 15) is 18.0 Å². The Labute approximate surface area is 247 Å². The number of amides is 2. The molecule has 214 valence electrons. The summed E-state index contributed by atoms with van der Waals surface area (Å²) in [4.78, 5) is 28.7. The number of halogens is 2. The summed E-state index contributed by atoms with van der Waals surface area (Å²) in [5, 5.41) is 3.55. The molecule has 10 heteroatoms. The van der Waals surface area contributed by atoms with E-state index >= 15 is 0 Å². The Morgan fingerprint density at radius 2 is 1.50 bits per heavy atom.